The predicted octanol–water partition coefficient (Wildman–Crippen LogP) is 0.720. The Bertz CT molecular complexity index is 415. The Hall–Kier alpha value is -1.38. The van der Waals surface area contributed by atoms with Crippen molar-refractivity contribution in [1.82, 2.24) is 14.5 Å². The van der Waals surface area contributed by atoms with Gasteiger partial charge in [-0.3, -0.25) is 4.90 Å². The summed E-state index contributed by atoms with van der Waals surface area (Å²) in [7, 11) is 0. The number of hydrogen-bond acceptors (Lipinski definition) is 4. The summed E-state index contributed by atoms with van der Waals surface area (Å²) in [4.78, 5) is 6.70. The molecule has 2 rings (SSSR count). The van der Waals surface area contributed by atoms with Crippen molar-refractivity contribution in [2.24, 2.45) is 5.73 Å². The highest BCUT2D eigenvalue weighted by Crippen LogP contribution is 2.13. The third-order valence-corrected chi connectivity index (χ3v) is 3.25. The molecule has 0 radical (unpaired) electrons. The molecule has 17 heavy (non-hydrogen) atoms. The quantitative estimate of drug-likeness (QED) is 0.832. The van der Waals surface area contributed by atoms with E-state index in [1.165, 1.54) is 0 Å². The van der Waals surface area contributed by atoms with Gasteiger partial charge in [0, 0.05) is 25.5 Å². The standard InChI is InChI=1S/C12H19N5/c1-12(14,10-13)3-2-5-16-7-8-17-6-4-15-11(17)9-16/h4,6H,2-3,5,7-9,14H2,1H3. The summed E-state index contributed by atoms with van der Waals surface area (Å²) in [5, 5.41) is 8.83. The van der Waals surface area contributed by atoms with Crippen molar-refractivity contribution < 1.29 is 0 Å². The highest BCUT2D eigenvalue weighted by molar-refractivity contribution is 5.01. The fraction of sp³-hybridized carbons (Fsp3) is 0.667. The van der Waals surface area contributed by atoms with Gasteiger partial charge in [0.1, 0.15) is 11.4 Å². The number of imidazole rings is 1. The molecule has 2 heterocycles. The average Bonchev–Trinajstić information content (AvgIpc) is 2.76. The summed E-state index contributed by atoms with van der Waals surface area (Å²) in [6.45, 7) is 5.74. The van der Waals surface area contributed by atoms with Gasteiger partial charge < -0.3 is 10.3 Å². The molecule has 1 aromatic heterocycles. The van der Waals surface area contributed by atoms with Gasteiger partial charge in [-0.05, 0) is 26.3 Å². The second kappa shape index (κ2) is 4.86. The molecule has 0 aromatic carbocycles. The first-order valence-electron chi connectivity index (χ1n) is 6.03. The zero-order valence-corrected chi connectivity index (χ0v) is 10.3. The van der Waals surface area contributed by atoms with E-state index in [2.05, 4.69) is 20.5 Å². The smallest absolute Gasteiger partial charge is 0.122 e. The Morgan fingerprint density at radius 2 is 2.41 bits per heavy atom. The van der Waals surface area contributed by atoms with Crippen LogP contribution in [0.4, 0.5) is 0 Å². The molecule has 5 nitrogen and oxygen atoms in total. The van der Waals surface area contributed by atoms with Crippen LogP contribution in [0.3, 0.4) is 0 Å². The molecule has 0 spiro atoms. The number of nitriles is 1. The fourth-order valence-electron chi connectivity index (χ4n) is 2.14. The second-order valence-corrected chi connectivity index (χ2v) is 4.95. The summed E-state index contributed by atoms with van der Waals surface area (Å²) < 4.78 is 2.19. The van der Waals surface area contributed by atoms with Crippen LogP contribution in [0.25, 0.3) is 0 Å². The van der Waals surface area contributed by atoms with E-state index in [0.717, 1.165) is 44.8 Å². The highest BCUT2D eigenvalue weighted by atomic mass is 15.2. The maximum absolute atomic E-state index is 8.83. The number of fused-ring (bicyclic) bond motifs is 1. The SMILES string of the molecule is CC(N)(C#N)CCCN1CCn2ccnc2C1. The molecule has 1 atom stereocenters. The molecule has 5 heteroatoms. The lowest BCUT2D eigenvalue weighted by molar-refractivity contribution is 0.210. The first kappa shape index (κ1) is 12.1. The Morgan fingerprint density at radius 3 is 3.18 bits per heavy atom. The normalized spacial score (nSPS) is 19.4. The molecule has 1 unspecified atom stereocenters. The Kier molecular flexibility index (Phi) is 3.46. The molecular weight excluding hydrogens is 214 g/mol. The third-order valence-electron chi connectivity index (χ3n) is 3.25. The molecule has 0 saturated heterocycles. The van der Waals surface area contributed by atoms with Crippen LogP contribution in [0.2, 0.25) is 0 Å². The molecule has 0 amide bonds. The van der Waals surface area contributed by atoms with Crippen molar-refractivity contribution in [3.05, 3.63) is 18.2 Å². The average molecular weight is 233 g/mol. The van der Waals surface area contributed by atoms with Crippen LogP contribution < -0.4 is 5.73 Å². The van der Waals surface area contributed by atoms with Crippen molar-refractivity contribution in [3.8, 4) is 6.07 Å². The molecule has 0 aliphatic carbocycles. The van der Waals surface area contributed by atoms with Gasteiger partial charge in [-0.2, -0.15) is 5.26 Å². The summed E-state index contributed by atoms with van der Waals surface area (Å²) in [5.41, 5.74) is 5.11. The Balaban J connectivity index is 1.78. The first-order valence-corrected chi connectivity index (χ1v) is 6.03. The first-order chi connectivity index (χ1) is 8.11. The minimum absolute atomic E-state index is 0.686. The largest absolute Gasteiger partial charge is 0.333 e. The molecule has 0 bridgehead atoms. The molecule has 1 aromatic rings. The van der Waals surface area contributed by atoms with Gasteiger partial charge in [-0.15, -0.1) is 0 Å². The van der Waals surface area contributed by atoms with Crippen LogP contribution in [0, 0.1) is 11.3 Å². The van der Waals surface area contributed by atoms with E-state index in [4.69, 9.17) is 11.0 Å². The zero-order chi connectivity index (χ0) is 12.3. The van der Waals surface area contributed by atoms with E-state index in [1.54, 1.807) is 6.92 Å². The lowest BCUT2D eigenvalue weighted by atomic mass is 9.99. The summed E-state index contributed by atoms with van der Waals surface area (Å²) >= 11 is 0. The van der Waals surface area contributed by atoms with E-state index >= 15 is 0 Å². The number of rotatable bonds is 4. The van der Waals surface area contributed by atoms with Gasteiger partial charge in [0.05, 0.1) is 12.6 Å². The topological polar surface area (TPSA) is 70.9 Å². The summed E-state index contributed by atoms with van der Waals surface area (Å²) in [5.74, 6) is 1.13. The van der Waals surface area contributed by atoms with Crippen molar-refractivity contribution >= 4 is 0 Å². The van der Waals surface area contributed by atoms with Gasteiger partial charge in [0.2, 0.25) is 0 Å². The minimum Gasteiger partial charge on any atom is -0.333 e. The van der Waals surface area contributed by atoms with E-state index < -0.39 is 5.54 Å². The van der Waals surface area contributed by atoms with E-state index in [-0.39, 0.29) is 0 Å². The van der Waals surface area contributed by atoms with Crippen molar-refractivity contribution in [1.29, 1.82) is 5.26 Å². The molecule has 1 aliphatic heterocycles. The van der Waals surface area contributed by atoms with E-state index in [1.807, 2.05) is 12.4 Å². The van der Waals surface area contributed by atoms with Crippen molar-refractivity contribution in [2.45, 2.75) is 38.4 Å². The number of nitrogens with two attached hydrogens (primary N) is 1. The van der Waals surface area contributed by atoms with Gasteiger partial charge in [-0.1, -0.05) is 0 Å². The molecule has 2 N–H and O–H groups in total. The van der Waals surface area contributed by atoms with Crippen LogP contribution in [-0.4, -0.2) is 33.1 Å². The molecular formula is C12H19N5. The molecule has 1 aliphatic rings. The maximum Gasteiger partial charge on any atom is 0.122 e. The van der Waals surface area contributed by atoms with Gasteiger partial charge in [-0.25, -0.2) is 4.98 Å². The van der Waals surface area contributed by atoms with Gasteiger partial charge in [0.25, 0.3) is 0 Å². The third kappa shape index (κ3) is 3.05. The molecule has 0 fully saturated rings. The second-order valence-electron chi connectivity index (χ2n) is 4.95. The van der Waals surface area contributed by atoms with Gasteiger partial charge in [0.15, 0.2) is 0 Å². The van der Waals surface area contributed by atoms with Crippen molar-refractivity contribution in [3.63, 3.8) is 0 Å². The van der Waals surface area contributed by atoms with Crippen LogP contribution >= 0.6 is 0 Å². The lowest BCUT2D eigenvalue weighted by Crippen LogP contribution is -2.37. The number of aromatic nitrogens is 2. The van der Waals surface area contributed by atoms with E-state index in [9.17, 15) is 0 Å². The monoisotopic (exact) mass is 233 g/mol. The maximum atomic E-state index is 8.83. The van der Waals surface area contributed by atoms with E-state index in [0.29, 0.717) is 0 Å². The predicted molar refractivity (Wildman–Crippen MR) is 64.9 cm³/mol. The number of nitrogens with zero attached hydrogens (tertiary/aromatic N) is 4. The fourth-order valence-corrected chi connectivity index (χ4v) is 2.14. The highest BCUT2D eigenvalue weighted by Gasteiger charge is 2.19. The molecule has 0 saturated carbocycles. The Morgan fingerprint density at radius 1 is 1.59 bits per heavy atom. The minimum atomic E-state index is -0.686. The van der Waals surface area contributed by atoms with Crippen LogP contribution in [0.1, 0.15) is 25.6 Å². The lowest BCUT2D eigenvalue weighted by Gasteiger charge is -2.28. The van der Waals surface area contributed by atoms with Crippen LogP contribution in [-0.2, 0) is 13.1 Å². The van der Waals surface area contributed by atoms with Gasteiger partial charge >= 0.3 is 0 Å². The summed E-state index contributed by atoms with van der Waals surface area (Å²) in [6, 6.07) is 2.13. The number of hydrogen-bond donors (Lipinski definition) is 1. The Labute approximate surface area is 102 Å². The van der Waals surface area contributed by atoms with Crippen molar-refractivity contribution in [2.75, 3.05) is 13.1 Å². The summed E-state index contributed by atoms with van der Waals surface area (Å²) in [6.07, 6.45) is 5.58. The van der Waals surface area contributed by atoms with Crippen LogP contribution in [0.15, 0.2) is 12.4 Å². The zero-order valence-electron chi connectivity index (χ0n) is 10.3. The molecule has 92 valence electrons. The van der Waals surface area contributed by atoms with Crippen LogP contribution in [0.5, 0.6) is 0 Å².